The van der Waals surface area contributed by atoms with E-state index in [0.717, 1.165) is 4.31 Å². The molecular formula is C11H20N2O5S. The van der Waals surface area contributed by atoms with Crippen molar-refractivity contribution in [2.75, 3.05) is 13.1 Å². The molecule has 0 saturated heterocycles. The van der Waals surface area contributed by atoms with Crippen LogP contribution in [0.2, 0.25) is 0 Å². The molecular weight excluding hydrogens is 272 g/mol. The van der Waals surface area contributed by atoms with Crippen molar-refractivity contribution < 1.29 is 22.8 Å². The van der Waals surface area contributed by atoms with Gasteiger partial charge in [-0.2, -0.15) is 4.31 Å². The second kappa shape index (κ2) is 7.25. The summed E-state index contributed by atoms with van der Waals surface area (Å²) in [7, 11) is -3.87. The van der Waals surface area contributed by atoms with Crippen LogP contribution in [0.5, 0.6) is 0 Å². The zero-order valence-corrected chi connectivity index (χ0v) is 12.6. The van der Waals surface area contributed by atoms with E-state index in [9.17, 15) is 13.2 Å². The van der Waals surface area contributed by atoms with Crippen molar-refractivity contribution in [2.24, 2.45) is 0 Å². The first kappa shape index (κ1) is 17.6. The maximum Gasteiger partial charge on any atom is 0.318 e. The lowest BCUT2D eigenvalue weighted by Gasteiger charge is -2.17. The molecule has 0 atom stereocenters. The highest BCUT2D eigenvalue weighted by Crippen LogP contribution is 2.22. The Hall–Kier alpha value is -1.41. The number of aromatic nitrogens is 1. The summed E-state index contributed by atoms with van der Waals surface area (Å²) < 4.78 is 30.0. The molecule has 1 N–H and O–H groups in total. The van der Waals surface area contributed by atoms with Crippen LogP contribution in [0.3, 0.4) is 0 Å². The van der Waals surface area contributed by atoms with Crippen LogP contribution in [0.15, 0.2) is 9.42 Å². The fraction of sp³-hybridized carbons (Fsp3) is 0.636. The lowest BCUT2D eigenvalue weighted by molar-refractivity contribution is -0.137. The maximum absolute atomic E-state index is 12.2. The Kier molecular flexibility index (Phi) is 6.71. The van der Waals surface area contributed by atoms with Crippen molar-refractivity contribution in [1.29, 1.82) is 0 Å². The van der Waals surface area contributed by atoms with Crippen molar-refractivity contribution in [3.05, 3.63) is 11.5 Å². The minimum atomic E-state index is -3.87. The second-order valence-corrected chi connectivity index (χ2v) is 5.35. The van der Waals surface area contributed by atoms with Crippen LogP contribution in [-0.4, -0.2) is 42.0 Å². The summed E-state index contributed by atoms with van der Waals surface area (Å²) >= 11 is 0. The van der Waals surface area contributed by atoms with Gasteiger partial charge in [0.2, 0.25) is 10.0 Å². The lowest BCUT2D eigenvalue weighted by Crippen LogP contribution is -2.35. The summed E-state index contributed by atoms with van der Waals surface area (Å²) in [5, 5.41) is 12.2. The number of sulfonamides is 1. The van der Waals surface area contributed by atoms with E-state index in [1.54, 1.807) is 6.92 Å². The van der Waals surface area contributed by atoms with Gasteiger partial charge >= 0.3 is 5.97 Å². The van der Waals surface area contributed by atoms with Crippen LogP contribution >= 0.6 is 0 Å². The SMILES string of the molecule is CC.CCN(CC(=O)O)S(=O)(=O)c1c(C)noc1C. The fourth-order valence-electron chi connectivity index (χ4n) is 1.49. The first-order valence-electron chi connectivity index (χ1n) is 5.95. The monoisotopic (exact) mass is 292 g/mol. The van der Waals surface area contributed by atoms with Gasteiger partial charge in [-0.15, -0.1) is 0 Å². The molecule has 7 nitrogen and oxygen atoms in total. The van der Waals surface area contributed by atoms with Crippen LogP contribution < -0.4 is 0 Å². The number of rotatable bonds is 5. The summed E-state index contributed by atoms with van der Waals surface area (Å²) in [6, 6.07) is 0. The number of carboxylic acids is 1. The minimum absolute atomic E-state index is 0.0550. The standard InChI is InChI=1S/C9H14N2O5S.C2H6/c1-4-11(5-8(12)13)17(14,15)9-6(2)10-16-7(9)3;1-2/h4-5H2,1-3H3,(H,12,13);1-2H3. The van der Waals surface area contributed by atoms with Gasteiger partial charge in [0, 0.05) is 6.54 Å². The molecule has 1 heterocycles. The average Bonchev–Trinajstić information content (AvgIpc) is 2.68. The molecule has 0 saturated carbocycles. The van der Waals surface area contributed by atoms with E-state index in [1.165, 1.54) is 13.8 Å². The van der Waals surface area contributed by atoms with Crippen molar-refractivity contribution >= 4 is 16.0 Å². The van der Waals surface area contributed by atoms with E-state index in [-0.39, 0.29) is 22.9 Å². The van der Waals surface area contributed by atoms with Crippen LogP contribution in [0, 0.1) is 13.8 Å². The number of hydrogen-bond donors (Lipinski definition) is 1. The van der Waals surface area contributed by atoms with Gasteiger partial charge in [0.25, 0.3) is 0 Å². The van der Waals surface area contributed by atoms with Gasteiger partial charge < -0.3 is 9.63 Å². The Morgan fingerprint density at radius 1 is 1.37 bits per heavy atom. The minimum Gasteiger partial charge on any atom is -0.480 e. The highest BCUT2D eigenvalue weighted by molar-refractivity contribution is 7.89. The molecule has 1 aromatic heterocycles. The molecule has 0 aromatic carbocycles. The quantitative estimate of drug-likeness (QED) is 0.880. The normalized spacial score (nSPS) is 11.1. The highest BCUT2D eigenvalue weighted by atomic mass is 32.2. The molecule has 0 aliphatic heterocycles. The summed E-state index contributed by atoms with van der Waals surface area (Å²) in [6.07, 6.45) is 0. The zero-order valence-electron chi connectivity index (χ0n) is 11.8. The Bertz CT molecular complexity index is 502. The van der Waals surface area contributed by atoms with E-state index in [4.69, 9.17) is 9.63 Å². The molecule has 0 radical (unpaired) electrons. The molecule has 0 amide bonds. The third-order valence-electron chi connectivity index (χ3n) is 2.23. The predicted molar refractivity (Wildman–Crippen MR) is 69.4 cm³/mol. The number of aryl methyl sites for hydroxylation is 2. The lowest BCUT2D eigenvalue weighted by atomic mass is 10.4. The molecule has 19 heavy (non-hydrogen) atoms. The van der Waals surface area contributed by atoms with Gasteiger partial charge in [-0.05, 0) is 13.8 Å². The van der Waals surface area contributed by atoms with Gasteiger partial charge in [-0.3, -0.25) is 4.79 Å². The van der Waals surface area contributed by atoms with Crippen LogP contribution in [0.25, 0.3) is 0 Å². The van der Waals surface area contributed by atoms with E-state index in [2.05, 4.69) is 5.16 Å². The molecule has 8 heteroatoms. The zero-order chi connectivity index (χ0) is 15.2. The van der Waals surface area contributed by atoms with E-state index < -0.39 is 22.5 Å². The average molecular weight is 292 g/mol. The number of likely N-dealkylation sites (N-methyl/N-ethyl adjacent to an activating group) is 1. The Labute approximate surface area is 113 Å². The Balaban J connectivity index is 0.00000154. The van der Waals surface area contributed by atoms with Crippen LogP contribution in [0.1, 0.15) is 32.2 Å². The molecule has 110 valence electrons. The molecule has 0 aliphatic rings. The summed E-state index contributed by atoms with van der Waals surface area (Å²) in [5.41, 5.74) is 0.228. The van der Waals surface area contributed by atoms with Crippen molar-refractivity contribution in [2.45, 2.75) is 39.5 Å². The van der Waals surface area contributed by atoms with E-state index >= 15 is 0 Å². The van der Waals surface area contributed by atoms with Crippen LogP contribution in [-0.2, 0) is 14.8 Å². The first-order valence-corrected chi connectivity index (χ1v) is 7.39. The topological polar surface area (TPSA) is 101 Å². The Morgan fingerprint density at radius 3 is 2.21 bits per heavy atom. The van der Waals surface area contributed by atoms with Crippen LogP contribution in [0.4, 0.5) is 0 Å². The molecule has 0 aliphatic carbocycles. The van der Waals surface area contributed by atoms with Crippen molar-refractivity contribution in [3.63, 3.8) is 0 Å². The summed E-state index contributed by atoms with van der Waals surface area (Å²) in [4.78, 5) is 10.6. The van der Waals surface area contributed by atoms with Gasteiger partial charge in [0.05, 0.1) is 0 Å². The first-order chi connectivity index (χ1) is 8.80. The Morgan fingerprint density at radius 2 is 1.89 bits per heavy atom. The number of carboxylic acid groups (broad SMARTS) is 1. The number of carbonyl (C=O) groups is 1. The van der Waals surface area contributed by atoms with Gasteiger partial charge in [0.15, 0.2) is 5.76 Å². The molecule has 0 spiro atoms. The molecule has 0 bridgehead atoms. The molecule has 0 fully saturated rings. The number of nitrogens with zero attached hydrogens (tertiary/aromatic N) is 2. The summed E-state index contributed by atoms with van der Waals surface area (Å²) in [6.45, 7) is 8.03. The maximum atomic E-state index is 12.2. The third kappa shape index (κ3) is 4.03. The van der Waals surface area contributed by atoms with Crippen molar-refractivity contribution in [1.82, 2.24) is 9.46 Å². The van der Waals surface area contributed by atoms with Gasteiger partial charge in [0.1, 0.15) is 17.1 Å². The second-order valence-electron chi connectivity index (χ2n) is 3.48. The van der Waals surface area contributed by atoms with Gasteiger partial charge in [-0.1, -0.05) is 25.9 Å². The number of aliphatic carboxylic acids is 1. The predicted octanol–water partition coefficient (Wildman–Crippen LogP) is 1.41. The van der Waals surface area contributed by atoms with Gasteiger partial charge in [-0.25, -0.2) is 8.42 Å². The van der Waals surface area contributed by atoms with E-state index in [0.29, 0.717) is 0 Å². The van der Waals surface area contributed by atoms with E-state index in [1.807, 2.05) is 13.8 Å². The highest BCUT2D eigenvalue weighted by Gasteiger charge is 2.31. The largest absolute Gasteiger partial charge is 0.480 e. The fourth-order valence-corrected chi connectivity index (χ4v) is 3.18. The molecule has 1 rings (SSSR count). The smallest absolute Gasteiger partial charge is 0.318 e. The molecule has 1 aromatic rings. The van der Waals surface area contributed by atoms with Crippen molar-refractivity contribution in [3.8, 4) is 0 Å². The summed E-state index contributed by atoms with van der Waals surface area (Å²) in [5.74, 6) is -1.05. The molecule has 0 unspecified atom stereocenters. The number of hydrogen-bond acceptors (Lipinski definition) is 5. The third-order valence-corrected chi connectivity index (χ3v) is 4.40.